The van der Waals surface area contributed by atoms with Crippen molar-refractivity contribution in [1.82, 2.24) is 0 Å². The van der Waals surface area contributed by atoms with Crippen molar-refractivity contribution in [2.45, 2.75) is 33.4 Å². The summed E-state index contributed by atoms with van der Waals surface area (Å²) in [6.07, 6.45) is 2.12. The Labute approximate surface area is 83.7 Å². The number of ether oxygens (including phenoxy) is 1. The van der Waals surface area contributed by atoms with E-state index < -0.39 is 6.23 Å². The highest BCUT2D eigenvalue weighted by atomic mass is 79.9. The molecule has 0 aliphatic carbocycles. The number of halogens is 1. The van der Waals surface area contributed by atoms with Gasteiger partial charge in [-0.05, 0) is 20.3 Å². The molecule has 0 fully saturated rings. The van der Waals surface area contributed by atoms with E-state index in [0.29, 0.717) is 5.57 Å². The Morgan fingerprint density at radius 3 is 2.50 bits per heavy atom. The fourth-order valence-electron chi connectivity index (χ4n) is 0.651. The summed E-state index contributed by atoms with van der Waals surface area (Å²) in [4.78, 5) is 11.0. The molecule has 3 nitrogen and oxygen atoms in total. The van der Waals surface area contributed by atoms with E-state index in [0.717, 1.165) is 6.42 Å². The molecule has 0 radical (unpaired) electrons. The van der Waals surface area contributed by atoms with Crippen molar-refractivity contribution < 1.29 is 9.53 Å². The van der Waals surface area contributed by atoms with Crippen molar-refractivity contribution in [3.63, 3.8) is 0 Å². The first kappa shape index (κ1) is 14.2. The van der Waals surface area contributed by atoms with Crippen molar-refractivity contribution in [3.8, 4) is 0 Å². The first-order valence-corrected chi connectivity index (χ1v) is 3.71. The first-order chi connectivity index (χ1) is 5.07. The molecule has 0 bridgehead atoms. The van der Waals surface area contributed by atoms with Gasteiger partial charge in [-0.1, -0.05) is 13.0 Å². The Kier molecular flexibility index (Phi) is 8.64. The van der Waals surface area contributed by atoms with Gasteiger partial charge in [-0.15, -0.1) is 17.0 Å². The molecule has 0 aromatic heterocycles. The largest absolute Gasteiger partial charge is 0.444 e. The number of esters is 1. The lowest BCUT2D eigenvalue weighted by Gasteiger charge is -2.06. The van der Waals surface area contributed by atoms with Crippen molar-refractivity contribution in [1.29, 1.82) is 0 Å². The summed E-state index contributed by atoms with van der Waals surface area (Å²) in [5.41, 5.74) is 5.87. The van der Waals surface area contributed by atoms with Gasteiger partial charge in [0, 0.05) is 5.57 Å². The van der Waals surface area contributed by atoms with Gasteiger partial charge in [0.05, 0.1) is 0 Å². The minimum Gasteiger partial charge on any atom is -0.444 e. The minimum atomic E-state index is -0.525. The van der Waals surface area contributed by atoms with Crippen LogP contribution in [0.25, 0.3) is 0 Å². The average Bonchev–Trinajstić information content (AvgIpc) is 1.86. The predicted octanol–water partition coefficient (Wildman–Crippen LogP) is 1.77. The Bertz CT molecular complexity index is 166. The third kappa shape index (κ3) is 6.37. The molecule has 1 unspecified atom stereocenters. The van der Waals surface area contributed by atoms with E-state index in [1.54, 1.807) is 13.8 Å². The highest BCUT2D eigenvalue weighted by molar-refractivity contribution is 8.93. The number of carbonyl (C=O) groups excluding carboxylic acids is 1. The monoisotopic (exact) mass is 237 g/mol. The molecule has 0 aromatic rings. The molecule has 0 saturated carbocycles. The molecule has 0 aromatic carbocycles. The molecule has 0 heterocycles. The summed E-state index contributed by atoms with van der Waals surface area (Å²) in [6, 6.07) is 0. The second-order valence-electron chi connectivity index (χ2n) is 2.41. The second kappa shape index (κ2) is 7.31. The molecule has 72 valence electrons. The SMILES string of the molecule is Br.CCC=C(C)C(=O)OC(C)N. The Morgan fingerprint density at radius 1 is 1.67 bits per heavy atom. The molecule has 0 aliphatic heterocycles. The minimum absolute atomic E-state index is 0. The molecular weight excluding hydrogens is 222 g/mol. The van der Waals surface area contributed by atoms with E-state index in [-0.39, 0.29) is 23.0 Å². The number of allylic oxidation sites excluding steroid dienone is 1. The molecule has 0 rings (SSSR count). The molecule has 0 amide bonds. The lowest BCUT2D eigenvalue weighted by Crippen LogP contribution is -2.23. The van der Waals surface area contributed by atoms with E-state index in [9.17, 15) is 4.79 Å². The number of hydrogen-bond acceptors (Lipinski definition) is 3. The standard InChI is InChI=1S/C8H15NO2.BrH/c1-4-5-6(2)8(10)11-7(3)9;/h5,7H,4,9H2,1-3H3;1H. The van der Waals surface area contributed by atoms with Gasteiger partial charge in [0.15, 0.2) is 0 Å². The maximum atomic E-state index is 11.0. The van der Waals surface area contributed by atoms with Crippen LogP contribution in [-0.4, -0.2) is 12.2 Å². The van der Waals surface area contributed by atoms with Crippen LogP contribution in [0.4, 0.5) is 0 Å². The summed E-state index contributed by atoms with van der Waals surface area (Å²) in [5.74, 6) is -0.332. The van der Waals surface area contributed by atoms with Crippen LogP contribution in [0.5, 0.6) is 0 Å². The summed E-state index contributed by atoms with van der Waals surface area (Å²) in [5, 5.41) is 0. The summed E-state index contributed by atoms with van der Waals surface area (Å²) >= 11 is 0. The predicted molar refractivity (Wildman–Crippen MR) is 54.1 cm³/mol. The van der Waals surface area contributed by atoms with Gasteiger partial charge in [0.1, 0.15) is 6.23 Å². The zero-order chi connectivity index (χ0) is 8.85. The summed E-state index contributed by atoms with van der Waals surface area (Å²) in [7, 11) is 0. The van der Waals surface area contributed by atoms with Crippen LogP contribution in [0.1, 0.15) is 27.2 Å². The van der Waals surface area contributed by atoms with Gasteiger partial charge in [-0.3, -0.25) is 5.73 Å². The van der Waals surface area contributed by atoms with Crippen molar-refractivity contribution in [3.05, 3.63) is 11.6 Å². The van der Waals surface area contributed by atoms with Gasteiger partial charge in [-0.2, -0.15) is 0 Å². The van der Waals surface area contributed by atoms with E-state index in [1.807, 2.05) is 13.0 Å². The van der Waals surface area contributed by atoms with Crippen LogP contribution in [0.2, 0.25) is 0 Å². The number of carbonyl (C=O) groups is 1. The fraction of sp³-hybridized carbons (Fsp3) is 0.625. The Morgan fingerprint density at radius 2 is 2.17 bits per heavy atom. The van der Waals surface area contributed by atoms with Gasteiger partial charge >= 0.3 is 5.97 Å². The zero-order valence-corrected chi connectivity index (χ0v) is 9.38. The summed E-state index contributed by atoms with van der Waals surface area (Å²) < 4.78 is 4.74. The van der Waals surface area contributed by atoms with Gasteiger partial charge < -0.3 is 4.74 Å². The highest BCUT2D eigenvalue weighted by Crippen LogP contribution is 1.99. The van der Waals surface area contributed by atoms with Gasteiger partial charge in [0.25, 0.3) is 0 Å². The smallest absolute Gasteiger partial charge is 0.334 e. The number of nitrogens with two attached hydrogens (primary N) is 1. The van der Waals surface area contributed by atoms with Crippen LogP contribution in [0.15, 0.2) is 11.6 Å². The number of hydrogen-bond donors (Lipinski definition) is 1. The van der Waals surface area contributed by atoms with Crippen LogP contribution in [0.3, 0.4) is 0 Å². The van der Waals surface area contributed by atoms with Crippen molar-refractivity contribution >= 4 is 23.0 Å². The van der Waals surface area contributed by atoms with Crippen molar-refractivity contribution in [2.24, 2.45) is 5.73 Å². The average molecular weight is 238 g/mol. The molecule has 4 heteroatoms. The molecule has 0 aliphatic rings. The van der Waals surface area contributed by atoms with Crippen LogP contribution < -0.4 is 5.73 Å². The third-order valence-corrected chi connectivity index (χ3v) is 1.13. The lowest BCUT2D eigenvalue weighted by atomic mass is 10.2. The molecule has 1 atom stereocenters. The molecule has 0 spiro atoms. The molecule has 2 N–H and O–H groups in total. The van der Waals surface area contributed by atoms with E-state index in [2.05, 4.69) is 0 Å². The second-order valence-corrected chi connectivity index (χ2v) is 2.41. The van der Waals surface area contributed by atoms with Crippen LogP contribution >= 0.6 is 17.0 Å². The fourth-order valence-corrected chi connectivity index (χ4v) is 0.651. The lowest BCUT2D eigenvalue weighted by molar-refractivity contribution is -0.143. The van der Waals surface area contributed by atoms with E-state index in [4.69, 9.17) is 10.5 Å². The maximum Gasteiger partial charge on any atom is 0.334 e. The van der Waals surface area contributed by atoms with Crippen LogP contribution in [0, 0.1) is 0 Å². The van der Waals surface area contributed by atoms with E-state index >= 15 is 0 Å². The van der Waals surface area contributed by atoms with Gasteiger partial charge in [-0.25, -0.2) is 4.79 Å². The van der Waals surface area contributed by atoms with Crippen LogP contribution in [-0.2, 0) is 9.53 Å². The quantitative estimate of drug-likeness (QED) is 0.463. The molecule has 0 saturated heterocycles. The first-order valence-electron chi connectivity index (χ1n) is 3.71. The van der Waals surface area contributed by atoms with Gasteiger partial charge in [0.2, 0.25) is 0 Å². The zero-order valence-electron chi connectivity index (χ0n) is 7.66. The maximum absolute atomic E-state index is 11.0. The number of rotatable bonds is 3. The van der Waals surface area contributed by atoms with E-state index in [1.165, 1.54) is 0 Å². The molecular formula is C8H16BrNO2. The van der Waals surface area contributed by atoms with Crippen molar-refractivity contribution in [2.75, 3.05) is 0 Å². The highest BCUT2D eigenvalue weighted by Gasteiger charge is 2.06. The Balaban J connectivity index is 0. The summed E-state index contributed by atoms with van der Waals surface area (Å²) in [6.45, 7) is 5.30. The normalized spacial score (nSPS) is 13.2. The Hall–Kier alpha value is -0.350. The topological polar surface area (TPSA) is 52.3 Å². The third-order valence-electron chi connectivity index (χ3n) is 1.13. The molecule has 12 heavy (non-hydrogen) atoms.